The zero-order valence-corrected chi connectivity index (χ0v) is 15.2. The standard InChI is InChI=1S/C20H18O9/c1-6-7-3-2-4-9(21)12(7)16(24)14-11(6)15(23)8-5-10(22)13(19(27)28)17(25)20(8,29)18(14)26/h2-4,6,8,11,15,21-23,26,29H,5H2,1H3,(H,27,28)/t6-,8+,11+,15+,20+/m0/s1. The van der Waals surface area contributed by atoms with E-state index in [1.807, 2.05) is 0 Å². The van der Waals surface area contributed by atoms with Gasteiger partial charge in [0.15, 0.2) is 11.4 Å². The van der Waals surface area contributed by atoms with Crippen molar-refractivity contribution < 1.29 is 45.0 Å². The molecule has 0 unspecified atom stereocenters. The van der Waals surface area contributed by atoms with Crippen LogP contribution in [0, 0.1) is 11.8 Å². The Hall–Kier alpha value is -3.17. The molecule has 1 aromatic carbocycles. The van der Waals surface area contributed by atoms with Gasteiger partial charge in [0, 0.05) is 23.8 Å². The first-order valence-corrected chi connectivity index (χ1v) is 8.94. The van der Waals surface area contributed by atoms with E-state index in [4.69, 9.17) is 0 Å². The molecule has 0 bridgehead atoms. The Morgan fingerprint density at radius 3 is 2.45 bits per heavy atom. The van der Waals surface area contributed by atoms with Gasteiger partial charge in [-0.15, -0.1) is 0 Å². The van der Waals surface area contributed by atoms with Gasteiger partial charge in [0.1, 0.15) is 22.8 Å². The summed E-state index contributed by atoms with van der Waals surface area (Å²) < 4.78 is 0. The van der Waals surface area contributed by atoms with Crippen molar-refractivity contribution >= 4 is 17.5 Å². The van der Waals surface area contributed by atoms with Crippen molar-refractivity contribution in [2.75, 3.05) is 0 Å². The maximum absolute atomic E-state index is 13.1. The fraction of sp³-hybridized carbons (Fsp3) is 0.350. The molecule has 0 saturated carbocycles. The number of hydrogen-bond acceptors (Lipinski definition) is 8. The molecule has 29 heavy (non-hydrogen) atoms. The summed E-state index contributed by atoms with van der Waals surface area (Å²) in [5.41, 5.74) is -4.14. The molecule has 0 spiro atoms. The van der Waals surface area contributed by atoms with E-state index in [-0.39, 0.29) is 11.3 Å². The number of carboxylic acids is 1. The molecule has 0 aliphatic heterocycles. The zero-order valence-electron chi connectivity index (χ0n) is 15.2. The maximum Gasteiger partial charge on any atom is 0.342 e. The molecule has 0 heterocycles. The minimum Gasteiger partial charge on any atom is -0.511 e. The number of aromatic hydroxyl groups is 1. The molecule has 9 heteroatoms. The number of allylic oxidation sites excluding steroid dienone is 1. The van der Waals surface area contributed by atoms with Gasteiger partial charge in [-0.25, -0.2) is 4.79 Å². The Balaban J connectivity index is 2.00. The molecule has 3 aliphatic carbocycles. The maximum atomic E-state index is 13.1. The van der Waals surface area contributed by atoms with Crippen molar-refractivity contribution in [2.24, 2.45) is 11.8 Å². The van der Waals surface area contributed by atoms with E-state index in [2.05, 4.69) is 0 Å². The third-order valence-electron chi connectivity index (χ3n) is 6.33. The van der Waals surface area contributed by atoms with Crippen molar-refractivity contribution in [1.82, 2.24) is 0 Å². The number of carboxylic acid groups (broad SMARTS) is 1. The number of benzene rings is 1. The zero-order chi connectivity index (χ0) is 21.4. The normalized spacial score (nSPS) is 33.9. The number of phenols is 1. The lowest BCUT2D eigenvalue weighted by atomic mass is 9.56. The number of aliphatic carboxylic acids is 1. The SMILES string of the molecule is C[C@H]1c2cccc(O)c2C(=O)C2=C(O)[C@]3(O)C(=O)C(C(=O)O)=C(O)C[C@@H]3[C@@H](O)[C@@H]21. The van der Waals surface area contributed by atoms with Gasteiger partial charge in [-0.1, -0.05) is 19.1 Å². The van der Waals surface area contributed by atoms with Crippen molar-refractivity contribution in [2.45, 2.75) is 31.0 Å². The van der Waals surface area contributed by atoms with Crippen LogP contribution in [0.2, 0.25) is 0 Å². The van der Waals surface area contributed by atoms with Crippen molar-refractivity contribution in [3.63, 3.8) is 0 Å². The monoisotopic (exact) mass is 402 g/mol. The Morgan fingerprint density at radius 1 is 1.17 bits per heavy atom. The molecular formula is C20H18O9. The second kappa shape index (κ2) is 5.91. The quantitative estimate of drug-likeness (QED) is 0.370. The van der Waals surface area contributed by atoms with E-state index in [1.54, 1.807) is 13.0 Å². The average molecular weight is 402 g/mol. The largest absolute Gasteiger partial charge is 0.511 e. The van der Waals surface area contributed by atoms with E-state index in [0.29, 0.717) is 5.56 Å². The van der Waals surface area contributed by atoms with Crippen LogP contribution in [-0.4, -0.2) is 59.9 Å². The van der Waals surface area contributed by atoms with Crippen LogP contribution in [0.25, 0.3) is 0 Å². The third-order valence-corrected chi connectivity index (χ3v) is 6.33. The lowest BCUT2D eigenvalue weighted by Crippen LogP contribution is -2.62. The van der Waals surface area contributed by atoms with Gasteiger partial charge in [-0.05, 0) is 17.5 Å². The van der Waals surface area contributed by atoms with Gasteiger partial charge in [-0.2, -0.15) is 0 Å². The number of carbonyl (C=O) groups excluding carboxylic acids is 2. The summed E-state index contributed by atoms with van der Waals surface area (Å²) in [4.78, 5) is 37.2. The first-order valence-electron chi connectivity index (χ1n) is 8.94. The third kappa shape index (κ3) is 2.19. The first kappa shape index (κ1) is 19.2. The van der Waals surface area contributed by atoms with Crippen LogP contribution < -0.4 is 0 Å². The van der Waals surface area contributed by atoms with E-state index in [0.717, 1.165) is 0 Å². The summed E-state index contributed by atoms with van der Waals surface area (Å²) in [7, 11) is 0. The van der Waals surface area contributed by atoms with Crippen LogP contribution in [-0.2, 0) is 9.59 Å². The molecule has 0 radical (unpaired) electrons. The van der Waals surface area contributed by atoms with Gasteiger partial charge in [0.05, 0.1) is 11.7 Å². The second-order valence-electron chi connectivity index (χ2n) is 7.67. The Labute approximate surface area is 163 Å². The van der Waals surface area contributed by atoms with Crippen molar-refractivity contribution in [1.29, 1.82) is 0 Å². The summed E-state index contributed by atoms with van der Waals surface area (Å²) in [6.45, 7) is 1.65. The summed E-state index contributed by atoms with van der Waals surface area (Å²) >= 11 is 0. The summed E-state index contributed by atoms with van der Waals surface area (Å²) in [6.07, 6.45) is -2.13. The fourth-order valence-electron chi connectivity index (χ4n) is 4.92. The minimum absolute atomic E-state index is 0.118. The molecule has 0 amide bonds. The number of aliphatic hydroxyl groups excluding tert-OH is 3. The highest BCUT2D eigenvalue weighted by atomic mass is 16.4. The molecule has 9 nitrogen and oxygen atoms in total. The predicted octanol–water partition coefficient (Wildman–Crippen LogP) is 0.712. The number of aliphatic hydroxyl groups is 4. The van der Waals surface area contributed by atoms with Crippen LogP contribution in [0.4, 0.5) is 0 Å². The topological polar surface area (TPSA) is 173 Å². The highest BCUT2D eigenvalue weighted by Gasteiger charge is 2.64. The van der Waals surface area contributed by atoms with Crippen LogP contribution in [0.1, 0.15) is 35.2 Å². The summed E-state index contributed by atoms with van der Waals surface area (Å²) in [5, 5.41) is 62.3. The van der Waals surface area contributed by atoms with Crippen LogP contribution >= 0.6 is 0 Å². The van der Waals surface area contributed by atoms with Gasteiger partial charge in [-0.3, -0.25) is 9.59 Å². The molecule has 0 fully saturated rings. The van der Waals surface area contributed by atoms with Crippen molar-refractivity contribution in [3.05, 3.63) is 52.0 Å². The number of carbonyl (C=O) groups is 3. The number of rotatable bonds is 1. The lowest BCUT2D eigenvalue weighted by molar-refractivity contribution is -0.156. The molecule has 0 aromatic heterocycles. The number of fused-ring (bicyclic) bond motifs is 3. The highest BCUT2D eigenvalue weighted by Crippen LogP contribution is 2.54. The molecular weight excluding hydrogens is 384 g/mol. The molecule has 4 rings (SSSR count). The van der Waals surface area contributed by atoms with Crippen LogP contribution in [0.5, 0.6) is 5.75 Å². The Morgan fingerprint density at radius 2 is 1.83 bits per heavy atom. The van der Waals surface area contributed by atoms with E-state index < -0.39 is 76.1 Å². The molecule has 6 N–H and O–H groups in total. The molecule has 5 atom stereocenters. The smallest absolute Gasteiger partial charge is 0.342 e. The second-order valence-corrected chi connectivity index (χ2v) is 7.67. The summed E-state index contributed by atoms with van der Waals surface area (Å²) in [5.74, 6) is -9.50. The average Bonchev–Trinajstić information content (AvgIpc) is 2.65. The van der Waals surface area contributed by atoms with Gasteiger partial charge < -0.3 is 30.6 Å². The molecule has 152 valence electrons. The first-order chi connectivity index (χ1) is 13.5. The predicted molar refractivity (Wildman–Crippen MR) is 95.4 cm³/mol. The fourth-order valence-corrected chi connectivity index (χ4v) is 4.92. The Bertz CT molecular complexity index is 1050. The summed E-state index contributed by atoms with van der Waals surface area (Å²) in [6, 6.07) is 4.38. The number of phenolic OH excluding ortho intramolecular Hbond substituents is 1. The van der Waals surface area contributed by atoms with Gasteiger partial charge >= 0.3 is 5.97 Å². The van der Waals surface area contributed by atoms with E-state index in [9.17, 15) is 45.0 Å². The molecule has 1 aromatic rings. The number of Topliss-reactive ketones (excluding diaryl/α,β-unsaturated/α-hetero) is 2. The van der Waals surface area contributed by atoms with E-state index in [1.165, 1.54) is 12.1 Å². The van der Waals surface area contributed by atoms with Gasteiger partial charge in [0.2, 0.25) is 5.78 Å². The molecule has 3 aliphatic rings. The van der Waals surface area contributed by atoms with E-state index >= 15 is 0 Å². The van der Waals surface area contributed by atoms with Gasteiger partial charge in [0.25, 0.3) is 0 Å². The number of ketones is 2. The highest BCUT2D eigenvalue weighted by molar-refractivity contribution is 6.23. The minimum atomic E-state index is -2.89. The van der Waals surface area contributed by atoms with Crippen LogP contribution in [0.15, 0.2) is 40.9 Å². The lowest BCUT2D eigenvalue weighted by Gasteiger charge is -2.49. The number of hydrogen-bond donors (Lipinski definition) is 6. The van der Waals surface area contributed by atoms with Crippen molar-refractivity contribution in [3.8, 4) is 5.75 Å². The molecule has 0 saturated heterocycles. The Kier molecular flexibility index (Phi) is 3.91. The van der Waals surface area contributed by atoms with Crippen LogP contribution in [0.3, 0.4) is 0 Å².